The summed E-state index contributed by atoms with van der Waals surface area (Å²) < 4.78 is 18.0. The van der Waals surface area contributed by atoms with Gasteiger partial charge in [-0.05, 0) is 281 Å². The first-order valence-electron chi connectivity index (χ1n) is 55.4. The first-order chi connectivity index (χ1) is 68.5. The maximum absolute atomic E-state index is 12.9. The highest BCUT2D eigenvalue weighted by atomic mass is 16.5. The number of piperidine rings is 1. The van der Waals surface area contributed by atoms with Gasteiger partial charge in [-0.2, -0.15) is 0 Å². The summed E-state index contributed by atoms with van der Waals surface area (Å²) in [5.41, 5.74) is 2.51. The van der Waals surface area contributed by atoms with E-state index in [2.05, 4.69) is 69.2 Å². The Balaban J connectivity index is 0.000000154. The van der Waals surface area contributed by atoms with Gasteiger partial charge in [0.15, 0.2) is 34.7 Å². The summed E-state index contributed by atoms with van der Waals surface area (Å²) in [6.07, 6.45) is 40.5. The topological polar surface area (TPSA) is 324 Å². The Hall–Kier alpha value is -8.44. The Morgan fingerprint density at radius 3 is 0.937 bits per heavy atom. The molecule has 0 radical (unpaired) electrons. The average Bonchev–Trinajstić information content (AvgIpc) is 1.53. The number of Topliss-reactive ketones (excluding diaryl/α,β-unsaturated/α-hetero) is 6. The molecule has 143 heavy (non-hydrogen) atoms. The molecule has 792 valence electrons. The Labute approximate surface area is 855 Å². The number of likely N-dealkylation sites (N-methyl/N-ethyl adjacent to an activating group) is 6. The van der Waals surface area contributed by atoms with E-state index in [9.17, 15) is 57.5 Å². The molecule has 14 aliphatic rings. The predicted octanol–water partition coefficient (Wildman–Crippen LogP) is 15.0. The van der Waals surface area contributed by atoms with Crippen LogP contribution < -0.4 is 41.4 Å². The number of fused-ring (bicyclic) bond motifs is 2. The number of nitrogens with zero attached hydrogens (tertiary/aromatic N) is 6. The fraction of sp³-hybridized carbons (Fsp3) is 0.724. The van der Waals surface area contributed by atoms with E-state index in [0.29, 0.717) is 86.8 Å². The Morgan fingerprint density at radius 2 is 0.622 bits per heavy atom. The van der Waals surface area contributed by atoms with Gasteiger partial charge in [0.05, 0.1) is 85.2 Å². The van der Waals surface area contributed by atoms with Crippen LogP contribution in [0, 0.1) is 64.6 Å². The molecule has 8 saturated carbocycles. The number of para-hydroxylation sites is 2. The minimum atomic E-state index is -0.342. The standard InChI is InChI=1S/C22H32N2O3.2C21H30N2O3.2C18H30N2O2.C16H26N2O2/c1-16(25)21(18-11-7-4-8-12-18)23-22(26)20-13-19(14-24(20)2)27-15-17-9-5-3-6-10-17;2*1-15(24)20(16-9-5-3-6-10-16)22-21(25)19-13-18(14-23(19)2)26-17-11-7-4-8-12-17;1-11(21)15(12-8-6-5-7-9-12)19-17(22)16-14-13(10-20(16)4)18(14,2)3;1-12(21)16(13-7-4-3-5-8-13)19-18(22)17-15-10-6-9-14(15)11-20(17)2;1-11-9-14(18(3)10-11)16(20)17-15(12(2)19)13-7-5-4-6-8-13/h3,5-6,9-10,18-21H,4,7-8,11-15H2,1-2H3,(H,23,26);2*4,7-8,11-12,16,18-20H,3,5-6,9-10,13-14H2,1-2H3,(H,22,25);12-16H,5-10H2,1-4H3,(H,19,22);13-17H,3-11H2,1-2H3,(H,19,22);13-15H,1,4-10H2,2-3H3,(H,17,20)/t19-,20+,21-;18-,19+,20-;18-,19-,20+;13?,14?,15-,16+;14-,15-,16+,17-;14-,15+/m110100/s1. The highest BCUT2D eigenvalue weighted by molar-refractivity contribution is 5.94. The lowest BCUT2D eigenvalue weighted by atomic mass is 9.82. The number of rotatable bonds is 31. The number of hydrogen-bond donors (Lipinski definition) is 6. The molecule has 27 heteroatoms. The first-order valence-corrected chi connectivity index (χ1v) is 55.4. The second-order valence-electron chi connectivity index (χ2n) is 46.0. The quantitative estimate of drug-likeness (QED) is 0.0326. The van der Waals surface area contributed by atoms with Crippen molar-refractivity contribution in [3.8, 4) is 11.5 Å². The average molecular weight is 1980 g/mol. The summed E-state index contributed by atoms with van der Waals surface area (Å²) >= 11 is 0. The van der Waals surface area contributed by atoms with Gasteiger partial charge in [-0.25, -0.2) is 0 Å². The number of ether oxygens (including phenoxy) is 3. The van der Waals surface area contributed by atoms with Crippen LogP contribution in [0.4, 0.5) is 0 Å². The van der Waals surface area contributed by atoms with Gasteiger partial charge in [0.1, 0.15) is 23.7 Å². The summed E-state index contributed by atoms with van der Waals surface area (Å²) in [6, 6.07) is 26.7. The van der Waals surface area contributed by atoms with Crippen LogP contribution in [0.1, 0.15) is 299 Å². The molecule has 0 aromatic heterocycles. The predicted molar refractivity (Wildman–Crippen MR) is 560 cm³/mol. The van der Waals surface area contributed by atoms with Crippen molar-refractivity contribution in [1.29, 1.82) is 0 Å². The molecule has 14 fully saturated rings. The third-order valence-electron chi connectivity index (χ3n) is 34.9. The van der Waals surface area contributed by atoms with Crippen molar-refractivity contribution < 1.29 is 71.7 Å². The normalized spacial score (nSPS) is 28.6. The van der Waals surface area contributed by atoms with Gasteiger partial charge in [0.25, 0.3) is 0 Å². The second kappa shape index (κ2) is 55.0. The Bertz CT molecular complexity index is 4460. The molecule has 8 aliphatic carbocycles. The highest BCUT2D eigenvalue weighted by Gasteiger charge is 2.68. The molecule has 6 saturated heterocycles. The van der Waals surface area contributed by atoms with Gasteiger partial charge in [-0.1, -0.05) is 215 Å². The summed E-state index contributed by atoms with van der Waals surface area (Å²) in [7, 11) is 11.9. The maximum atomic E-state index is 12.9. The van der Waals surface area contributed by atoms with E-state index in [-0.39, 0.29) is 184 Å². The van der Waals surface area contributed by atoms with Crippen LogP contribution in [0.2, 0.25) is 0 Å². The van der Waals surface area contributed by atoms with Gasteiger partial charge in [-0.3, -0.25) is 86.9 Å². The molecule has 19 atom stereocenters. The Kier molecular flexibility index (Phi) is 43.6. The maximum Gasteiger partial charge on any atom is 0.238 e. The number of benzene rings is 3. The van der Waals surface area contributed by atoms with Crippen molar-refractivity contribution in [3.63, 3.8) is 0 Å². The molecule has 3 aromatic rings. The van der Waals surface area contributed by atoms with Crippen molar-refractivity contribution in [3.05, 3.63) is 109 Å². The summed E-state index contributed by atoms with van der Waals surface area (Å²) in [6.45, 7) is 23.7. The lowest BCUT2D eigenvalue weighted by molar-refractivity contribution is -0.131. The van der Waals surface area contributed by atoms with Crippen LogP contribution in [0.25, 0.3) is 0 Å². The van der Waals surface area contributed by atoms with Gasteiger partial charge < -0.3 is 46.1 Å². The largest absolute Gasteiger partial charge is 0.489 e. The van der Waals surface area contributed by atoms with Crippen LogP contribution in [0.3, 0.4) is 0 Å². The molecule has 6 heterocycles. The monoisotopic (exact) mass is 1980 g/mol. The number of nitrogens with one attached hydrogen (secondary N) is 6. The van der Waals surface area contributed by atoms with Gasteiger partial charge >= 0.3 is 0 Å². The van der Waals surface area contributed by atoms with Gasteiger partial charge in [0.2, 0.25) is 35.4 Å². The molecule has 6 amide bonds. The van der Waals surface area contributed by atoms with Crippen LogP contribution in [0.15, 0.2) is 103 Å². The fourth-order valence-corrected chi connectivity index (χ4v) is 26.8. The van der Waals surface area contributed by atoms with Crippen LogP contribution >= 0.6 is 0 Å². The molecule has 3 aromatic carbocycles. The lowest BCUT2D eigenvalue weighted by Gasteiger charge is -2.32. The highest BCUT2D eigenvalue weighted by Crippen LogP contribution is 2.64. The molecule has 0 bridgehead atoms. The fourth-order valence-electron chi connectivity index (χ4n) is 26.8. The van der Waals surface area contributed by atoms with Gasteiger partial charge in [0, 0.05) is 52.1 Å². The molecule has 6 aliphatic heterocycles. The zero-order chi connectivity index (χ0) is 103. The second-order valence-corrected chi connectivity index (χ2v) is 46.0. The number of amides is 6. The summed E-state index contributed by atoms with van der Waals surface area (Å²) in [5.74, 6) is 6.40. The lowest BCUT2D eigenvalue weighted by Crippen LogP contribution is -2.53. The van der Waals surface area contributed by atoms with E-state index in [1.54, 1.807) is 41.5 Å². The SMILES string of the molecule is C=C1C[C@@H](C(=O)N[C@H](C(C)=O)C2CCCCC2)N(C)C1.CC(=O)[C@@H](NC(=O)[C@@H]1C2C(CN1C)C2(C)C)C1CCCCC1.CC(=O)[C@@H](NC(=O)[C@@H]1C[C@@H](OCc2ccccc2)CN1C)C1CCCCC1.CC(=O)[C@@H](NC(=O)[C@@H]1C[C@@H](Oc2ccccc2)CN1C)C1CCCCC1.CC(=O)[C@@H](NC(=O)[C@@H]1C[C@H](Oc2ccccc2)CN1C)C1CCCCC1.CC(=O)[C@@H](NC(=O)[C@@H]1[C@H]2CCC[C@H]2CN1C)C1CCCCC1. The third-order valence-corrected chi connectivity index (χ3v) is 34.9. The van der Waals surface area contributed by atoms with Crippen molar-refractivity contribution in [1.82, 2.24) is 61.3 Å². The van der Waals surface area contributed by atoms with Crippen molar-refractivity contribution in [2.45, 2.75) is 390 Å². The summed E-state index contributed by atoms with van der Waals surface area (Å²) in [5, 5.41) is 18.5. The van der Waals surface area contributed by atoms with Gasteiger partial charge in [-0.15, -0.1) is 0 Å². The number of hydrogen-bond acceptors (Lipinski definition) is 21. The molecule has 6 N–H and O–H groups in total. The zero-order valence-corrected chi connectivity index (χ0v) is 89.2. The van der Waals surface area contributed by atoms with Crippen LogP contribution in [-0.2, 0) is 68.9 Å². The van der Waals surface area contributed by atoms with Crippen LogP contribution in [-0.4, -0.2) is 272 Å². The third kappa shape index (κ3) is 32.1. The van der Waals surface area contributed by atoms with Crippen LogP contribution in [0.5, 0.6) is 11.5 Å². The van der Waals surface area contributed by atoms with Crippen molar-refractivity contribution in [2.24, 2.45) is 64.6 Å². The first kappa shape index (κ1) is 113. The molecular weight excluding hydrogens is 1800 g/mol. The van der Waals surface area contributed by atoms with E-state index < -0.39 is 0 Å². The molecule has 2 unspecified atom stereocenters. The summed E-state index contributed by atoms with van der Waals surface area (Å²) in [4.78, 5) is 162. The number of ketones is 6. The minimum absolute atomic E-state index is 0.0105. The zero-order valence-electron chi connectivity index (χ0n) is 89.2. The van der Waals surface area contributed by atoms with E-state index >= 15 is 0 Å². The number of carbonyl (C=O) groups excluding carboxylic acids is 12. The van der Waals surface area contributed by atoms with E-state index in [4.69, 9.17) is 14.2 Å². The van der Waals surface area contributed by atoms with Crippen molar-refractivity contribution in [2.75, 3.05) is 81.6 Å². The van der Waals surface area contributed by atoms with E-state index in [0.717, 1.165) is 164 Å². The smallest absolute Gasteiger partial charge is 0.238 e. The molecule has 0 spiro atoms. The van der Waals surface area contributed by atoms with E-state index in [1.807, 2.05) is 146 Å². The molecule has 17 rings (SSSR count). The Morgan fingerprint density at radius 1 is 0.329 bits per heavy atom. The number of carbonyl (C=O) groups is 12. The number of likely N-dealkylation sites (tertiary alicyclic amines) is 6. The minimum Gasteiger partial charge on any atom is -0.489 e. The van der Waals surface area contributed by atoms with Crippen molar-refractivity contribution >= 4 is 70.1 Å². The molecular formula is C116H178N12O15. The molecule has 27 nitrogen and oxygen atoms in total. The van der Waals surface area contributed by atoms with E-state index in [1.165, 1.54) is 96.3 Å².